The van der Waals surface area contributed by atoms with E-state index in [0.29, 0.717) is 31.0 Å². The molecule has 2 saturated heterocycles. The van der Waals surface area contributed by atoms with Crippen molar-refractivity contribution >= 4 is 50.7 Å². The first-order chi connectivity index (χ1) is 17.5. The molecule has 1 N–H and O–H groups in total. The number of rotatable bonds is 4. The van der Waals surface area contributed by atoms with Crippen molar-refractivity contribution in [3.8, 4) is 11.1 Å². The standard InChI is InChI=1S/C28H29ClN4O2S/c29-18-11-17-3-1-10-32(19-14-28(15-19)7-2-8-31-28)26(17)22(12-18)21-6-9-30-23-13-20(36-27(21)23)16-33-24(34)4-5-25(33)35/h6,9,11-13,19,31H,1-5,7-8,10,14-16H2. The van der Waals surface area contributed by atoms with E-state index >= 15 is 0 Å². The van der Waals surface area contributed by atoms with Crippen molar-refractivity contribution in [2.45, 2.75) is 69.5 Å². The molecule has 7 rings (SSSR count). The number of fused-ring (bicyclic) bond motifs is 2. The smallest absolute Gasteiger partial charge is 0.230 e. The molecule has 6 nitrogen and oxygen atoms in total. The number of hydrogen-bond donors (Lipinski definition) is 1. The molecule has 2 amide bonds. The van der Waals surface area contributed by atoms with Crippen LogP contribution in [0.2, 0.25) is 5.02 Å². The van der Waals surface area contributed by atoms with Crippen LogP contribution in [0.1, 0.15) is 55.4 Å². The fourth-order valence-corrected chi connectivity index (χ4v) is 8.19. The number of carbonyl (C=O) groups is 2. The van der Waals surface area contributed by atoms with Gasteiger partial charge in [0.05, 0.1) is 16.8 Å². The summed E-state index contributed by atoms with van der Waals surface area (Å²) in [6.07, 6.45) is 9.68. The second-order valence-electron chi connectivity index (χ2n) is 10.8. The summed E-state index contributed by atoms with van der Waals surface area (Å²) in [4.78, 5) is 34.0. The van der Waals surface area contributed by atoms with Crippen LogP contribution < -0.4 is 10.2 Å². The number of halogens is 1. The van der Waals surface area contributed by atoms with Gasteiger partial charge in [-0.05, 0) is 74.9 Å². The van der Waals surface area contributed by atoms with Gasteiger partial charge in [0.2, 0.25) is 11.8 Å². The minimum Gasteiger partial charge on any atom is -0.368 e. The summed E-state index contributed by atoms with van der Waals surface area (Å²) in [5.41, 5.74) is 6.22. The molecule has 3 fully saturated rings. The molecule has 8 heteroatoms. The van der Waals surface area contributed by atoms with Crippen molar-refractivity contribution in [3.63, 3.8) is 0 Å². The normalized spacial score (nSPS) is 25.8. The van der Waals surface area contributed by atoms with E-state index in [0.717, 1.165) is 51.6 Å². The van der Waals surface area contributed by atoms with Gasteiger partial charge >= 0.3 is 0 Å². The summed E-state index contributed by atoms with van der Waals surface area (Å²) in [6, 6.07) is 8.94. The highest BCUT2D eigenvalue weighted by Gasteiger charge is 2.48. The van der Waals surface area contributed by atoms with E-state index in [1.54, 1.807) is 11.3 Å². The predicted octanol–water partition coefficient (Wildman–Crippen LogP) is 5.30. The van der Waals surface area contributed by atoms with Gasteiger partial charge in [0.25, 0.3) is 0 Å². The number of benzene rings is 1. The molecule has 5 heterocycles. The maximum absolute atomic E-state index is 12.2. The highest BCUT2D eigenvalue weighted by atomic mass is 35.5. The number of imide groups is 1. The zero-order chi connectivity index (χ0) is 24.4. The monoisotopic (exact) mass is 520 g/mol. The van der Waals surface area contributed by atoms with Gasteiger partial charge < -0.3 is 10.2 Å². The van der Waals surface area contributed by atoms with Crippen LogP contribution in [0, 0.1) is 0 Å². The van der Waals surface area contributed by atoms with E-state index in [1.165, 1.54) is 47.4 Å². The molecule has 0 atom stereocenters. The zero-order valence-electron chi connectivity index (χ0n) is 20.2. The van der Waals surface area contributed by atoms with E-state index in [2.05, 4.69) is 33.4 Å². The molecule has 1 aliphatic carbocycles. The predicted molar refractivity (Wildman–Crippen MR) is 144 cm³/mol. The molecule has 0 bridgehead atoms. The van der Waals surface area contributed by atoms with Gasteiger partial charge in [0.15, 0.2) is 0 Å². The number of likely N-dealkylation sites (tertiary alicyclic amines) is 1. The third-order valence-corrected chi connectivity index (χ3v) is 9.89. The molecule has 1 spiro atoms. The number of anilines is 1. The Morgan fingerprint density at radius 3 is 2.69 bits per heavy atom. The number of nitrogens with zero attached hydrogens (tertiary/aromatic N) is 3. The lowest BCUT2D eigenvalue weighted by Gasteiger charge is -2.52. The topological polar surface area (TPSA) is 65.5 Å². The lowest BCUT2D eigenvalue weighted by Crippen LogP contribution is -2.60. The number of pyridine rings is 1. The van der Waals surface area contributed by atoms with Gasteiger partial charge in [-0.1, -0.05) is 11.6 Å². The van der Waals surface area contributed by atoms with Gasteiger partial charge in [-0.3, -0.25) is 19.5 Å². The lowest BCUT2D eigenvalue weighted by molar-refractivity contribution is -0.138. The van der Waals surface area contributed by atoms with Crippen molar-refractivity contribution in [2.24, 2.45) is 0 Å². The Labute approximate surface area is 219 Å². The van der Waals surface area contributed by atoms with Crippen LogP contribution in [0.25, 0.3) is 21.3 Å². The average Bonchev–Trinajstić information content (AvgIpc) is 3.57. The molecule has 2 aromatic heterocycles. The second kappa shape index (κ2) is 8.54. The number of amides is 2. The maximum Gasteiger partial charge on any atom is 0.230 e. The summed E-state index contributed by atoms with van der Waals surface area (Å²) in [6.45, 7) is 2.55. The van der Waals surface area contributed by atoms with Gasteiger partial charge in [-0.15, -0.1) is 11.3 Å². The molecule has 0 unspecified atom stereocenters. The van der Waals surface area contributed by atoms with Gasteiger partial charge in [0, 0.05) is 63.9 Å². The van der Waals surface area contributed by atoms with Crippen molar-refractivity contribution in [1.82, 2.24) is 15.2 Å². The largest absolute Gasteiger partial charge is 0.368 e. The molecular formula is C28H29ClN4O2S. The molecular weight excluding hydrogens is 492 g/mol. The Kier molecular flexibility index (Phi) is 5.38. The Morgan fingerprint density at radius 2 is 1.92 bits per heavy atom. The first-order valence-electron chi connectivity index (χ1n) is 13.0. The quantitative estimate of drug-likeness (QED) is 0.473. The number of aromatic nitrogens is 1. The Hall–Kier alpha value is -2.48. The number of thiophene rings is 1. The van der Waals surface area contributed by atoms with E-state index in [4.69, 9.17) is 11.6 Å². The first kappa shape index (κ1) is 22.7. The summed E-state index contributed by atoms with van der Waals surface area (Å²) in [7, 11) is 0. The summed E-state index contributed by atoms with van der Waals surface area (Å²) >= 11 is 8.32. The Morgan fingerprint density at radius 1 is 1.08 bits per heavy atom. The third kappa shape index (κ3) is 3.66. The van der Waals surface area contributed by atoms with Crippen molar-refractivity contribution in [1.29, 1.82) is 0 Å². The van der Waals surface area contributed by atoms with E-state index in [9.17, 15) is 9.59 Å². The average molecular weight is 521 g/mol. The first-order valence-corrected chi connectivity index (χ1v) is 14.2. The minimum atomic E-state index is -0.0831. The van der Waals surface area contributed by atoms with Gasteiger partial charge in [-0.25, -0.2) is 0 Å². The number of aryl methyl sites for hydroxylation is 1. The highest BCUT2D eigenvalue weighted by Crippen LogP contribution is 2.49. The van der Waals surface area contributed by atoms with E-state index in [-0.39, 0.29) is 11.8 Å². The fourth-order valence-electron chi connectivity index (χ4n) is 6.82. The van der Waals surface area contributed by atoms with Crippen LogP contribution in [0.5, 0.6) is 0 Å². The maximum atomic E-state index is 12.2. The number of hydrogen-bond acceptors (Lipinski definition) is 6. The zero-order valence-corrected chi connectivity index (χ0v) is 21.8. The van der Waals surface area contributed by atoms with Crippen LogP contribution in [0.15, 0.2) is 30.5 Å². The second-order valence-corrected chi connectivity index (χ2v) is 12.4. The minimum absolute atomic E-state index is 0.0831. The molecule has 3 aliphatic heterocycles. The van der Waals surface area contributed by atoms with Crippen LogP contribution >= 0.6 is 22.9 Å². The Balaban J connectivity index is 1.28. The fraction of sp³-hybridized carbons (Fsp3) is 0.464. The van der Waals surface area contributed by atoms with Gasteiger partial charge in [-0.2, -0.15) is 0 Å². The number of carbonyl (C=O) groups excluding carboxylic acids is 2. The highest BCUT2D eigenvalue weighted by molar-refractivity contribution is 7.19. The SMILES string of the molecule is O=C1CCC(=O)N1Cc1cc2nccc(-c3cc(Cl)cc4c3N(C3CC5(CCCN5)C3)CCC4)c2s1. The molecule has 186 valence electrons. The van der Waals surface area contributed by atoms with Crippen LogP contribution in [-0.2, 0) is 22.6 Å². The lowest BCUT2D eigenvalue weighted by atomic mass is 9.70. The Bertz CT molecular complexity index is 1370. The third-order valence-electron chi connectivity index (χ3n) is 8.53. The molecule has 1 aromatic carbocycles. The van der Waals surface area contributed by atoms with Crippen molar-refractivity contribution in [3.05, 3.63) is 45.9 Å². The van der Waals surface area contributed by atoms with Crippen molar-refractivity contribution < 1.29 is 9.59 Å². The molecule has 4 aliphatic rings. The number of nitrogens with one attached hydrogen (secondary N) is 1. The van der Waals surface area contributed by atoms with Crippen LogP contribution in [-0.4, -0.2) is 46.4 Å². The molecule has 0 radical (unpaired) electrons. The summed E-state index contributed by atoms with van der Waals surface area (Å²) in [5.74, 6) is -0.166. The molecule has 1 saturated carbocycles. The molecule has 36 heavy (non-hydrogen) atoms. The van der Waals surface area contributed by atoms with Gasteiger partial charge in [0.1, 0.15) is 0 Å². The van der Waals surface area contributed by atoms with E-state index in [1.807, 2.05) is 12.3 Å². The van der Waals surface area contributed by atoms with E-state index < -0.39 is 0 Å². The molecule has 3 aromatic rings. The van der Waals surface area contributed by atoms with Crippen LogP contribution in [0.3, 0.4) is 0 Å². The summed E-state index contributed by atoms with van der Waals surface area (Å²) in [5, 5.41) is 4.54. The van der Waals surface area contributed by atoms with Crippen LogP contribution in [0.4, 0.5) is 5.69 Å². The van der Waals surface area contributed by atoms with Crippen molar-refractivity contribution in [2.75, 3.05) is 18.0 Å². The summed E-state index contributed by atoms with van der Waals surface area (Å²) < 4.78 is 1.09.